The molecule has 1 saturated heterocycles. The average molecular weight is 208 g/mol. The third-order valence-electron chi connectivity index (χ3n) is 2.48. The number of nitrogens with one attached hydrogen (secondary N) is 1. The van der Waals surface area contributed by atoms with Crippen LogP contribution in [-0.4, -0.2) is 31.3 Å². The van der Waals surface area contributed by atoms with Gasteiger partial charge in [-0.3, -0.25) is 0 Å². The third-order valence-corrected chi connectivity index (χ3v) is 2.48. The van der Waals surface area contributed by atoms with Crippen LogP contribution in [0.4, 0.5) is 5.82 Å². The van der Waals surface area contributed by atoms with E-state index in [4.69, 9.17) is 9.47 Å². The first kappa shape index (κ1) is 10.2. The van der Waals surface area contributed by atoms with Crippen molar-refractivity contribution in [1.82, 2.24) is 4.98 Å². The monoisotopic (exact) mass is 208 g/mol. The van der Waals surface area contributed by atoms with E-state index in [1.165, 1.54) is 0 Å². The van der Waals surface area contributed by atoms with E-state index in [0.29, 0.717) is 6.04 Å². The summed E-state index contributed by atoms with van der Waals surface area (Å²) < 4.78 is 10.4. The summed E-state index contributed by atoms with van der Waals surface area (Å²) in [7, 11) is 1.64. The molecular weight excluding hydrogens is 192 g/mol. The zero-order valence-electron chi connectivity index (χ0n) is 8.90. The van der Waals surface area contributed by atoms with Gasteiger partial charge in [0.25, 0.3) is 0 Å². The van der Waals surface area contributed by atoms with Gasteiger partial charge >= 0.3 is 0 Å². The Morgan fingerprint density at radius 1 is 1.53 bits per heavy atom. The quantitative estimate of drug-likeness (QED) is 0.820. The second-order valence-corrected chi connectivity index (χ2v) is 3.64. The molecule has 1 aromatic heterocycles. The van der Waals surface area contributed by atoms with Crippen LogP contribution in [0.2, 0.25) is 0 Å². The van der Waals surface area contributed by atoms with Gasteiger partial charge in [0.1, 0.15) is 11.6 Å². The standard InChI is InChI=1S/C11H16N2O2/c1-14-10-4-5-11(12-7-10)13-9-3-2-6-15-8-9/h4-5,7,9H,2-3,6,8H2,1H3,(H,12,13). The van der Waals surface area contributed by atoms with E-state index in [-0.39, 0.29) is 0 Å². The number of anilines is 1. The van der Waals surface area contributed by atoms with Gasteiger partial charge in [-0.1, -0.05) is 0 Å². The van der Waals surface area contributed by atoms with E-state index >= 15 is 0 Å². The van der Waals surface area contributed by atoms with Gasteiger partial charge in [0.15, 0.2) is 0 Å². The van der Waals surface area contributed by atoms with Gasteiger partial charge < -0.3 is 14.8 Å². The van der Waals surface area contributed by atoms with Gasteiger partial charge in [0.2, 0.25) is 0 Å². The van der Waals surface area contributed by atoms with Crippen LogP contribution in [0.5, 0.6) is 5.75 Å². The zero-order valence-corrected chi connectivity index (χ0v) is 8.90. The molecule has 15 heavy (non-hydrogen) atoms. The van der Waals surface area contributed by atoms with Crippen LogP contribution in [0, 0.1) is 0 Å². The van der Waals surface area contributed by atoms with Crippen LogP contribution in [-0.2, 0) is 4.74 Å². The second-order valence-electron chi connectivity index (χ2n) is 3.64. The fourth-order valence-electron chi connectivity index (χ4n) is 1.65. The molecule has 2 heterocycles. The fourth-order valence-corrected chi connectivity index (χ4v) is 1.65. The average Bonchev–Trinajstić information content (AvgIpc) is 2.31. The van der Waals surface area contributed by atoms with Crippen LogP contribution >= 0.6 is 0 Å². The summed E-state index contributed by atoms with van der Waals surface area (Å²) in [4.78, 5) is 4.25. The van der Waals surface area contributed by atoms with E-state index in [9.17, 15) is 0 Å². The lowest BCUT2D eigenvalue weighted by Crippen LogP contribution is -2.30. The van der Waals surface area contributed by atoms with Crippen molar-refractivity contribution in [3.8, 4) is 5.75 Å². The predicted octanol–water partition coefficient (Wildman–Crippen LogP) is 1.68. The largest absolute Gasteiger partial charge is 0.495 e. The maximum Gasteiger partial charge on any atom is 0.137 e. The molecule has 82 valence electrons. The summed E-state index contributed by atoms with van der Waals surface area (Å²) in [5.74, 6) is 1.66. The van der Waals surface area contributed by atoms with E-state index in [0.717, 1.165) is 37.6 Å². The smallest absolute Gasteiger partial charge is 0.137 e. The lowest BCUT2D eigenvalue weighted by Gasteiger charge is -2.23. The highest BCUT2D eigenvalue weighted by atomic mass is 16.5. The highest BCUT2D eigenvalue weighted by molar-refractivity contribution is 5.38. The number of ether oxygens (including phenoxy) is 2. The second kappa shape index (κ2) is 4.98. The van der Waals surface area contributed by atoms with Crippen molar-refractivity contribution in [2.45, 2.75) is 18.9 Å². The van der Waals surface area contributed by atoms with E-state index < -0.39 is 0 Å². The first-order chi connectivity index (χ1) is 7.38. The molecule has 1 aliphatic rings. The molecule has 0 bridgehead atoms. The number of nitrogens with zero attached hydrogens (tertiary/aromatic N) is 1. The predicted molar refractivity (Wildman–Crippen MR) is 58.3 cm³/mol. The summed E-state index contributed by atoms with van der Waals surface area (Å²) in [6, 6.07) is 4.21. The molecule has 4 heteroatoms. The van der Waals surface area contributed by atoms with Crippen molar-refractivity contribution >= 4 is 5.82 Å². The molecule has 0 spiro atoms. The van der Waals surface area contributed by atoms with Crippen molar-refractivity contribution in [2.24, 2.45) is 0 Å². The highest BCUT2D eigenvalue weighted by Crippen LogP contribution is 2.15. The molecule has 0 aromatic carbocycles. The molecule has 1 fully saturated rings. The minimum absolute atomic E-state index is 0.389. The molecule has 1 atom stereocenters. The van der Waals surface area contributed by atoms with Crippen molar-refractivity contribution in [3.63, 3.8) is 0 Å². The van der Waals surface area contributed by atoms with Gasteiger partial charge in [0.05, 0.1) is 26.0 Å². The van der Waals surface area contributed by atoms with Crippen LogP contribution in [0.1, 0.15) is 12.8 Å². The summed E-state index contributed by atoms with van der Waals surface area (Å²) >= 11 is 0. The van der Waals surface area contributed by atoms with E-state index in [2.05, 4.69) is 10.3 Å². The molecule has 1 unspecified atom stereocenters. The van der Waals surface area contributed by atoms with Crippen LogP contribution in [0.25, 0.3) is 0 Å². The van der Waals surface area contributed by atoms with Crippen molar-refractivity contribution in [2.75, 3.05) is 25.6 Å². The maximum absolute atomic E-state index is 5.38. The summed E-state index contributed by atoms with van der Waals surface area (Å²) in [5, 5.41) is 3.34. The topological polar surface area (TPSA) is 43.4 Å². The summed E-state index contributed by atoms with van der Waals surface area (Å²) in [6.45, 7) is 1.65. The first-order valence-corrected chi connectivity index (χ1v) is 5.23. The Hall–Kier alpha value is -1.29. The van der Waals surface area contributed by atoms with Crippen LogP contribution in [0.15, 0.2) is 18.3 Å². The fraction of sp³-hybridized carbons (Fsp3) is 0.545. The van der Waals surface area contributed by atoms with Crippen LogP contribution in [0.3, 0.4) is 0 Å². The van der Waals surface area contributed by atoms with Crippen molar-refractivity contribution in [3.05, 3.63) is 18.3 Å². The number of hydrogen-bond acceptors (Lipinski definition) is 4. The lowest BCUT2D eigenvalue weighted by molar-refractivity contribution is 0.0875. The summed E-state index contributed by atoms with van der Waals surface area (Å²) in [5.41, 5.74) is 0. The highest BCUT2D eigenvalue weighted by Gasteiger charge is 2.13. The van der Waals surface area contributed by atoms with Crippen molar-refractivity contribution in [1.29, 1.82) is 0 Å². The SMILES string of the molecule is COc1ccc(NC2CCCOC2)nc1. The van der Waals surface area contributed by atoms with Gasteiger partial charge in [-0.15, -0.1) is 0 Å². The molecule has 1 N–H and O–H groups in total. The number of rotatable bonds is 3. The minimum Gasteiger partial charge on any atom is -0.495 e. The molecule has 0 amide bonds. The lowest BCUT2D eigenvalue weighted by atomic mass is 10.1. The molecule has 2 rings (SSSR count). The minimum atomic E-state index is 0.389. The summed E-state index contributed by atoms with van der Waals surface area (Å²) in [6.07, 6.45) is 3.98. The molecule has 0 saturated carbocycles. The molecule has 0 aliphatic carbocycles. The molecular formula is C11H16N2O2. The molecule has 4 nitrogen and oxygen atoms in total. The van der Waals surface area contributed by atoms with E-state index in [1.807, 2.05) is 12.1 Å². The molecule has 0 radical (unpaired) electrons. The van der Waals surface area contributed by atoms with Gasteiger partial charge in [-0.25, -0.2) is 4.98 Å². The number of hydrogen-bond donors (Lipinski definition) is 1. The zero-order chi connectivity index (χ0) is 10.5. The van der Waals surface area contributed by atoms with E-state index in [1.54, 1.807) is 13.3 Å². The van der Waals surface area contributed by atoms with Crippen molar-refractivity contribution < 1.29 is 9.47 Å². The Bertz CT molecular complexity index is 294. The normalized spacial score (nSPS) is 21.0. The Labute approximate surface area is 89.6 Å². The number of aromatic nitrogens is 1. The number of pyridine rings is 1. The van der Waals surface area contributed by atoms with Gasteiger partial charge in [-0.2, -0.15) is 0 Å². The Balaban J connectivity index is 1.91. The molecule has 1 aliphatic heterocycles. The van der Waals surface area contributed by atoms with Crippen LogP contribution < -0.4 is 10.1 Å². The maximum atomic E-state index is 5.38. The Morgan fingerprint density at radius 2 is 2.47 bits per heavy atom. The Morgan fingerprint density at radius 3 is 3.07 bits per heavy atom. The first-order valence-electron chi connectivity index (χ1n) is 5.23. The molecule has 1 aromatic rings. The Kier molecular flexibility index (Phi) is 3.40. The number of methoxy groups -OCH3 is 1. The van der Waals surface area contributed by atoms with Gasteiger partial charge in [-0.05, 0) is 25.0 Å². The van der Waals surface area contributed by atoms with Gasteiger partial charge in [0, 0.05) is 6.61 Å². The third kappa shape index (κ3) is 2.83.